The van der Waals surface area contributed by atoms with Crippen LogP contribution in [-0.2, 0) is 0 Å². The summed E-state index contributed by atoms with van der Waals surface area (Å²) in [6, 6.07) is 14.7. The molecule has 0 fully saturated rings. The van der Waals surface area contributed by atoms with Gasteiger partial charge in [0.25, 0.3) is 0 Å². The van der Waals surface area contributed by atoms with E-state index in [0.29, 0.717) is 16.5 Å². The molecule has 0 saturated carbocycles. The molecule has 0 aromatic heterocycles. The molecular formula is C14H13NO2S. The summed E-state index contributed by atoms with van der Waals surface area (Å²) in [7, 11) is 1.62. The van der Waals surface area contributed by atoms with Crippen LogP contribution in [0.15, 0.2) is 48.5 Å². The predicted molar refractivity (Wildman–Crippen MR) is 75.4 cm³/mol. The van der Waals surface area contributed by atoms with Gasteiger partial charge in [-0.2, -0.15) is 0 Å². The summed E-state index contributed by atoms with van der Waals surface area (Å²) in [6.07, 6.45) is 0. The second-order valence-corrected chi connectivity index (χ2v) is 4.08. The van der Waals surface area contributed by atoms with E-state index in [1.807, 2.05) is 48.5 Å². The average Bonchev–Trinajstić information content (AvgIpc) is 2.40. The van der Waals surface area contributed by atoms with Crippen molar-refractivity contribution in [3.8, 4) is 17.2 Å². The van der Waals surface area contributed by atoms with Gasteiger partial charge in [-0.15, -0.1) is 0 Å². The smallest absolute Gasteiger partial charge is 0.137 e. The third-order valence-electron chi connectivity index (χ3n) is 2.44. The van der Waals surface area contributed by atoms with Crippen molar-refractivity contribution in [2.45, 2.75) is 0 Å². The monoisotopic (exact) mass is 259 g/mol. The highest BCUT2D eigenvalue weighted by molar-refractivity contribution is 7.80. The zero-order valence-corrected chi connectivity index (χ0v) is 10.7. The highest BCUT2D eigenvalue weighted by atomic mass is 32.1. The van der Waals surface area contributed by atoms with E-state index in [9.17, 15) is 0 Å². The summed E-state index contributed by atoms with van der Waals surface area (Å²) in [5, 5.41) is 0. The molecule has 4 heteroatoms. The van der Waals surface area contributed by atoms with Crippen molar-refractivity contribution in [3.05, 3.63) is 54.1 Å². The van der Waals surface area contributed by atoms with E-state index in [1.165, 1.54) is 0 Å². The van der Waals surface area contributed by atoms with E-state index in [2.05, 4.69) is 0 Å². The molecular weight excluding hydrogens is 246 g/mol. The Morgan fingerprint density at radius 1 is 1.00 bits per heavy atom. The maximum absolute atomic E-state index is 5.75. The predicted octanol–water partition coefficient (Wildman–Crippen LogP) is 3.12. The Kier molecular flexibility index (Phi) is 3.79. The van der Waals surface area contributed by atoms with Gasteiger partial charge in [0.2, 0.25) is 0 Å². The lowest BCUT2D eigenvalue weighted by atomic mass is 10.2. The number of rotatable bonds is 4. The Bertz CT molecular complexity index is 552. The highest BCUT2D eigenvalue weighted by Crippen LogP contribution is 2.26. The van der Waals surface area contributed by atoms with Crippen LogP contribution < -0.4 is 15.2 Å². The Morgan fingerprint density at radius 2 is 1.61 bits per heavy atom. The largest absolute Gasteiger partial charge is 0.497 e. The van der Waals surface area contributed by atoms with Crippen LogP contribution in [0.25, 0.3) is 0 Å². The van der Waals surface area contributed by atoms with Gasteiger partial charge in [-0.05, 0) is 36.4 Å². The summed E-state index contributed by atoms with van der Waals surface area (Å²) < 4.78 is 10.8. The molecule has 2 aromatic carbocycles. The lowest BCUT2D eigenvalue weighted by Gasteiger charge is -2.10. The molecule has 2 N–H and O–H groups in total. The van der Waals surface area contributed by atoms with Gasteiger partial charge in [-0.25, -0.2) is 0 Å². The van der Waals surface area contributed by atoms with Crippen LogP contribution in [0.1, 0.15) is 5.56 Å². The lowest BCUT2D eigenvalue weighted by Crippen LogP contribution is -2.10. The summed E-state index contributed by atoms with van der Waals surface area (Å²) >= 11 is 4.98. The molecule has 92 valence electrons. The minimum absolute atomic E-state index is 0.319. The zero-order valence-electron chi connectivity index (χ0n) is 9.92. The minimum Gasteiger partial charge on any atom is -0.497 e. The Hall–Kier alpha value is -2.07. The van der Waals surface area contributed by atoms with E-state index >= 15 is 0 Å². The fourth-order valence-electron chi connectivity index (χ4n) is 1.53. The molecule has 18 heavy (non-hydrogen) atoms. The Balaban J connectivity index is 2.25. The molecule has 0 amide bonds. The van der Waals surface area contributed by atoms with E-state index in [4.69, 9.17) is 27.4 Å². The van der Waals surface area contributed by atoms with Gasteiger partial charge >= 0.3 is 0 Å². The number of methoxy groups -OCH3 is 1. The summed E-state index contributed by atoms with van der Waals surface area (Å²) in [5.74, 6) is 2.14. The Morgan fingerprint density at radius 3 is 2.22 bits per heavy atom. The number of benzene rings is 2. The first kappa shape index (κ1) is 12.4. The van der Waals surface area contributed by atoms with Gasteiger partial charge in [-0.1, -0.05) is 24.4 Å². The second-order valence-electron chi connectivity index (χ2n) is 3.64. The number of nitrogens with two attached hydrogens (primary N) is 1. The normalized spacial score (nSPS) is 9.83. The molecule has 0 unspecified atom stereocenters. The van der Waals surface area contributed by atoms with E-state index < -0.39 is 0 Å². The summed E-state index contributed by atoms with van der Waals surface area (Å²) in [6.45, 7) is 0. The van der Waals surface area contributed by atoms with Crippen LogP contribution in [0, 0.1) is 0 Å². The molecule has 3 nitrogen and oxygen atoms in total. The molecule has 0 radical (unpaired) electrons. The maximum Gasteiger partial charge on any atom is 0.137 e. The summed E-state index contributed by atoms with van der Waals surface area (Å²) in [5.41, 5.74) is 6.37. The van der Waals surface area contributed by atoms with E-state index in [0.717, 1.165) is 11.3 Å². The van der Waals surface area contributed by atoms with E-state index in [-0.39, 0.29) is 0 Å². The summed E-state index contributed by atoms with van der Waals surface area (Å²) in [4.78, 5) is 0.319. The molecule has 0 atom stereocenters. The highest BCUT2D eigenvalue weighted by Gasteiger charge is 2.06. The van der Waals surface area contributed by atoms with Crippen LogP contribution >= 0.6 is 12.2 Å². The molecule has 0 heterocycles. The van der Waals surface area contributed by atoms with Gasteiger partial charge in [0.15, 0.2) is 0 Å². The fourth-order valence-corrected chi connectivity index (χ4v) is 1.70. The van der Waals surface area contributed by atoms with Crippen LogP contribution in [0.4, 0.5) is 0 Å². The van der Waals surface area contributed by atoms with Gasteiger partial charge in [0.1, 0.15) is 22.2 Å². The number of hydrogen-bond donors (Lipinski definition) is 1. The van der Waals surface area contributed by atoms with Gasteiger partial charge in [-0.3, -0.25) is 0 Å². The topological polar surface area (TPSA) is 44.5 Å². The van der Waals surface area contributed by atoms with Gasteiger partial charge in [0, 0.05) is 0 Å². The zero-order chi connectivity index (χ0) is 13.0. The van der Waals surface area contributed by atoms with Gasteiger partial charge in [0.05, 0.1) is 12.7 Å². The molecule has 0 aliphatic carbocycles. The van der Waals surface area contributed by atoms with Crippen molar-refractivity contribution in [1.29, 1.82) is 0 Å². The maximum atomic E-state index is 5.75. The van der Waals surface area contributed by atoms with Crippen LogP contribution in [0.2, 0.25) is 0 Å². The standard InChI is InChI=1S/C14H13NO2S/c1-16-10-6-8-11(9-7-10)17-13-5-3-2-4-12(13)14(15)18/h2-9H,1H3,(H2,15,18). The molecule has 0 saturated heterocycles. The van der Waals surface area contributed by atoms with Crippen molar-refractivity contribution < 1.29 is 9.47 Å². The third kappa shape index (κ3) is 2.78. The number of para-hydroxylation sites is 1. The number of thiocarbonyl (C=S) groups is 1. The molecule has 0 spiro atoms. The third-order valence-corrected chi connectivity index (χ3v) is 2.66. The van der Waals surface area contributed by atoms with Crippen LogP contribution in [0.5, 0.6) is 17.2 Å². The van der Waals surface area contributed by atoms with Crippen LogP contribution in [-0.4, -0.2) is 12.1 Å². The fraction of sp³-hybridized carbons (Fsp3) is 0.0714. The van der Waals surface area contributed by atoms with Crippen molar-refractivity contribution in [2.75, 3.05) is 7.11 Å². The van der Waals surface area contributed by atoms with Crippen LogP contribution in [0.3, 0.4) is 0 Å². The first-order valence-corrected chi connectivity index (χ1v) is 5.82. The number of hydrogen-bond acceptors (Lipinski definition) is 3. The van der Waals surface area contributed by atoms with Crippen molar-refractivity contribution in [1.82, 2.24) is 0 Å². The molecule has 0 aliphatic rings. The van der Waals surface area contributed by atoms with Crippen molar-refractivity contribution in [2.24, 2.45) is 5.73 Å². The SMILES string of the molecule is COc1ccc(Oc2ccccc2C(N)=S)cc1. The first-order valence-electron chi connectivity index (χ1n) is 5.41. The van der Waals surface area contributed by atoms with Crippen molar-refractivity contribution >= 4 is 17.2 Å². The minimum atomic E-state index is 0.319. The molecule has 0 aliphatic heterocycles. The second kappa shape index (κ2) is 5.51. The van der Waals surface area contributed by atoms with Crippen molar-refractivity contribution in [3.63, 3.8) is 0 Å². The molecule has 2 rings (SSSR count). The molecule has 0 bridgehead atoms. The average molecular weight is 259 g/mol. The lowest BCUT2D eigenvalue weighted by molar-refractivity contribution is 0.413. The number of ether oxygens (including phenoxy) is 2. The Labute approximate surface area is 111 Å². The molecule has 2 aromatic rings. The van der Waals surface area contributed by atoms with E-state index in [1.54, 1.807) is 7.11 Å². The quantitative estimate of drug-likeness (QED) is 0.857. The van der Waals surface area contributed by atoms with Gasteiger partial charge < -0.3 is 15.2 Å². The first-order chi connectivity index (χ1) is 8.70.